The Morgan fingerprint density at radius 3 is 3.00 bits per heavy atom. The lowest BCUT2D eigenvalue weighted by Crippen LogP contribution is -2.82. The third-order valence-electron chi connectivity index (χ3n) is 1.84. The van der Waals surface area contributed by atoms with Crippen molar-refractivity contribution in [2.75, 3.05) is 6.54 Å². The average molecular weight is 165 g/mol. The summed E-state index contributed by atoms with van der Waals surface area (Å²) in [6.45, 7) is 4.45. The van der Waals surface area contributed by atoms with Crippen molar-refractivity contribution < 1.29 is 5.32 Å². The number of rotatable bonds is 5. The van der Waals surface area contributed by atoms with Gasteiger partial charge in [-0.1, -0.05) is 19.4 Å². The molecule has 12 heavy (non-hydrogen) atoms. The lowest BCUT2D eigenvalue weighted by molar-refractivity contribution is -0.671. The van der Waals surface area contributed by atoms with Gasteiger partial charge in [0.2, 0.25) is 0 Å². The van der Waals surface area contributed by atoms with Crippen LogP contribution < -0.4 is 5.32 Å². The lowest BCUT2D eigenvalue weighted by Gasteiger charge is -1.98. The molecule has 0 saturated carbocycles. The van der Waals surface area contributed by atoms with Crippen LogP contribution in [-0.2, 0) is 6.54 Å². The summed E-state index contributed by atoms with van der Waals surface area (Å²) in [5.74, 6) is 0. The van der Waals surface area contributed by atoms with Gasteiger partial charge < -0.3 is 5.32 Å². The first-order valence-corrected chi connectivity index (χ1v) is 4.65. The first-order valence-electron chi connectivity index (χ1n) is 4.65. The molecule has 0 aliphatic rings. The molecule has 0 aliphatic carbocycles. The number of nitrogens with zero attached hydrogens (tertiary/aromatic N) is 1. The molecule has 0 radical (unpaired) electrons. The largest absolute Gasteiger partial charge is 0.341 e. The van der Waals surface area contributed by atoms with Gasteiger partial charge in [0.25, 0.3) is 0 Å². The van der Waals surface area contributed by atoms with E-state index in [-0.39, 0.29) is 0 Å². The van der Waals surface area contributed by atoms with Crippen LogP contribution >= 0.6 is 0 Å². The third-order valence-corrected chi connectivity index (χ3v) is 1.84. The van der Waals surface area contributed by atoms with Gasteiger partial charge in [-0.3, -0.25) is 4.98 Å². The molecule has 2 heteroatoms. The number of pyridine rings is 1. The second-order valence-electron chi connectivity index (χ2n) is 2.96. The minimum Gasteiger partial charge on any atom is -0.341 e. The fourth-order valence-corrected chi connectivity index (χ4v) is 1.12. The van der Waals surface area contributed by atoms with Gasteiger partial charge in [-0.25, -0.2) is 0 Å². The van der Waals surface area contributed by atoms with Crippen molar-refractivity contribution >= 4 is 0 Å². The molecule has 0 fully saturated rings. The fourth-order valence-electron chi connectivity index (χ4n) is 1.12. The normalized spacial score (nSPS) is 10.1. The molecule has 0 atom stereocenters. The van der Waals surface area contributed by atoms with Crippen LogP contribution in [0.4, 0.5) is 0 Å². The summed E-state index contributed by atoms with van der Waals surface area (Å²) in [7, 11) is 0. The molecule has 0 unspecified atom stereocenters. The highest BCUT2D eigenvalue weighted by Crippen LogP contribution is 1.88. The summed E-state index contributed by atoms with van der Waals surface area (Å²) in [5, 5.41) is 2.31. The van der Waals surface area contributed by atoms with Gasteiger partial charge in [-0.2, -0.15) is 0 Å². The van der Waals surface area contributed by atoms with E-state index < -0.39 is 0 Å². The summed E-state index contributed by atoms with van der Waals surface area (Å²) >= 11 is 0. The Balaban J connectivity index is 2.16. The average Bonchev–Trinajstić information content (AvgIpc) is 2.14. The first kappa shape index (κ1) is 9.20. The Kier molecular flexibility index (Phi) is 4.39. The highest BCUT2D eigenvalue weighted by molar-refractivity contribution is 5.01. The number of aromatic nitrogens is 1. The van der Waals surface area contributed by atoms with Gasteiger partial charge in [0.05, 0.1) is 12.2 Å². The highest BCUT2D eigenvalue weighted by atomic mass is 14.9. The fraction of sp³-hybridized carbons (Fsp3) is 0.500. The Hall–Kier alpha value is -0.890. The molecule has 66 valence electrons. The van der Waals surface area contributed by atoms with Gasteiger partial charge in [-0.05, 0) is 18.6 Å². The molecule has 0 amide bonds. The van der Waals surface area contributed by atoms with Crippen molar-refractivity contribution in [1.82, 2.24) is 4.98 Å². The molecule has 0 aliphatic heterocycles. The quantitative estimate of drug-likeness (QED) is 0.647. The SMILES string of the molecule is CCCC[NH2+]Cc1ccccn1. The molecular weight excluding hydrogens is 148 g/mol. The predicted octanol–water partition coefficient (Wildman–Crippen LogP) is 0.945. The number of quaternary nitrogens is 1. The Labute approximate surface area is 74.0 Å². The second-order valence-corrected chi connectivity index (χ2v) is 2.96. The van der Waals surface area contributed by atoms with Crippen molar-refractivity contribution in [3.8, 4) is 0 Å². The lowest BCUT2D eigenvalue weighted by atomic mass is 10.3. The van der Waals surface area contributed by atoms with Crippen molar-refractivity contribution in [3.63, 3.8) is 0 Å². The molecule has 1 aromatic heterocycles. The minimum absolute atomic E-state index is 1.01. The number of nitrogens with two attached hydrogens (primary N) is 1. The maximum Gasteiger partial charge on any atom is 0.118 e. The van der Waals surface area contributed by atoms with E-state index in [1.54, 1.807) is 0 Å². The molecule has 1 aromatic rings. The van der Waals surface area contributed by atoms with Crippen LogP contribution in [0.15, 0.2) is 24.4 Å². The molecule has 0 aromatic carbocycles. The standard InChI is InChI=1S/C10H16N2/c1-2-3-7-11-9-10-6-4-5-8-12-10/h4-6,8,11H,2-3,7,9H2,1H3/p+1. The summed E-state index contributed by atoms with van der Waals surface area (Å²) < 4.78 is 0. The zero-order valence-electron chi connectivity index (χ0n) is 7.66. The van der Waals surface area contributed by atoms with E-state index in [4.69, 9.17) is 0 Å². The van der Waals surface area contributed by atoms with Gasteiger partial charge in [0.15, 0.2) is 0 Å². The van der Waals surface area contributed by atoms with Crippen LogP contribution in [0.3, 0.4) is 0 Å². The van der Waals surface area contributed by atoms with Crippen molar-refractivity contribution in [1.29, 1.82) is 0 Å². The molecule has 0 spiro atoms. The van der Waals surface area contributed by atoms with Gasteiger partial charge >= 0.3 is 0 Å². The molecule has 0 saturated heterocycles. The van der Waals surface area contributed by atoms with Crippen molar-refractivity contribution in [2.24, 2.45) is 0 Å². The molecule has 1 rings (SSSR count). The minimum atomic E-state index is 1.01. The third kappa shape index (κ3) is 3.49. The number of unbranched alkanes of at least 4 members (excludes halogenated alkanes) is 1. The van der Waals surface area contributed by atoms with E-state index in [2.05, 4.69) is 23.3 Å². The maximum atomic E-state index is 4.25. The molecule has 1 heterocycles. The molecule has 2 N–H and O–H groups in total. The summed E-state index contributed by atoms with van der Waals surface area (Å²) in [6, 6.07) is 6.06. The molecular formula is C10H17N2+. The topological polar surface area (TPSA) is 29.5 Å². The van der Waals surface area contributed by atoms with E-state index in [9.17, 15) is 0 Å². The van der Waals surface area contributed by atoms with Crippen molar-refractivity contribution in [3.05, 3.63) is 30.1 Å². The second kappa shape index (κ2) is 5.72. The Morgan fingerprint density at radius 2 is 2.33 bits per heavy atom. The van der Waals surface area contributed by atoms with Crippen LogP contribution in [0, 0.1) is 0 Å². The smallest absolute Gasteiger partial charge is 0.118 e. The Bertz CT molecular complexity index is 196. The van der Waals surface area contributed by atoms with Gasteiger partial charge in [0.1, 0.15) is 6.54 Å². The van der Waals surface area contributed by atoms with E-state index in [1.165, 1.54) is 25.1 Å². The van der Waals surface area contributed by atoms with Crippen LogP contribution in [-0.4, -0.2) is 11.5 Å². The first-order chi connectivity index (χ1) is 5.93. The van der Waals surface area contributed by atoms with Crippen LogP contribution in [0.1, 0.15) is 25.5 Å². The molecule has 2 nitrogen and oxygen atoms in total. The summed E-state index contributed by atoms with van der Waals surface area (Å²) in [5.41, 5.74) is 1.17. The number of hydrogen-bond acceptors (Lipinski definition) is 1. The van der Waals surface area contributed by atoms with E-state index >= 15 is 0 Å². The Morgan fingerprint density at radius 1 is 1.42 bits per heavy atom. The van der Waals surface area contributed by atoms with Crippen LogP contribution in [0.2, 0.25) is 0 Å². The monoisotopic (exact) mass is 165 g/mol. The summed E-state index contributed by atoms with van der Waals surface area (Å²) in [4.78, 5) is 4.25. The zero-order valence-corrected chi connectivity index (χ0v) is 7.66. The van der Waals surface area contributed by atoms with E-state index in [0.717, 1.165) is 6.54 Å². The molecule has 0 bridgehead atoms. The maximum absolute atomic E-state index is 4.25. The number of hydrogen-bond donors (Lipinski definition) is 1. The van der Waals surface area contributed by atoms with Crippen LogP contribution in [0.25, 0.3) is 0 Å². The highest BCUT2D eigenvalue weighted by Gasteiger charge is 1.93. The van der Waals surface area contributed by atoms with Gasteiger partial charge in [0, 0.05) is 6.20 Å². The predicted molar refractivity (Wildman–Crippen MR) is 49.6 cm³/mol. The van der Waals surface area contributed by atoms with Crippen molar-refractivity contribution in [2.45, 2.75) is 26.3 Å². The van der Waals surface area contributed by atoms with E-state index in [0.29, 0.717) is 0 Å². The summed E-state index contributed by atoms with van der Waals surface area (Å²) in [6.07, 6.45) is 4.43. The van der Waals surface area contributed by atoms with Gasteiger partial charge in [-0.15, -0.1) is 0 Å². The van der Waals surface area contributed by atoms with Crippen LogP contribution in [0.5, 0.6) is 0 Å². The van der Waals surface area contributed by atoms with E-state index in [1.807, 2.05) is 18.3 Å². The zero-order chi connectivity index (χ0) is 8.65.